The number of benzene rings is 2. The van der Waals surface area contributed by atoms with Gasteiger partial charge in [0.15, 0.2) is 0 Å². The molecule has 0 N–H and O–H groups in total. The van der Waals surface area contributed by atoms with Crippen LogP contribution < -0.4 is 4.74 Å². The highest BCUT2D eigenvalue weighted by Gasteiger charge is 2.45. The fourth-order valence-corrected chi connectivity index (χ4v) is 3.59. The lowest BCUT2D eigenvalue weighted by molar-refractivity contribution is 0.394. The third-order valence-corrected chi connectivity index (χ3v) is 5.37. The van der Waals surface area contributed by atoms with E-state index in [0.717, 1.165) is 5.75 Å². The summed E-state index contributed by atoms with van der Waals surface area (Å²) < 4.78 is 10.8. The molecule has 0 aliphatic heterocycles. The first-order chi connectivity index (χ1) is 14.1. The summed E-state index contributed by atoms with van der Waals surface area (Å²) in [6, 6.07) is 17.1. The summed E-state index contributed by atoms with van der Waals surface area (Å²) in [5.41, 5.74) is 4.68. The van der Waals surface area contributed by atoms with Crippen LogP contribution in [-0.4, -0.2) is 20.1 Å². The quantitative estimate of drug-likeness (QED) is 0.481. The molecule has 6 nitrogen and oxygen atoms in total. The van der Waals surface area contributed by atoms with Crippen LogP contribution in [0.2, 0.25) is 0 Å². The highest BCUT2D eigenvalue weighted by Crippen LogP contribution is 2.53. The SMILES string of the molecule is Cc1ccc(C2(c3ccc(Oc4cnc(-c5noc(C)n5)cn4)cc3)CC2)cc1. The first kappa shape index (κ1) is 17.6. The Kier molecular flexibility index (Phi) is 4.12. The highest BCUT2D eigenvalue weighted by molar-refractivity contribution is 5.48. The summed E-state index contributed by atoms with van der Waals surface area (Å²) in [4.78, 5) is 12.7. The van der Waals surface area contributed by atoms with E-state index in [4.69, 9.17) is 9.26 Å². The van der Waals surface area contributed by atoms with E-state index < -0.39 is 0 Å². The van der Waals surface area contributed by atoms with Gasteiger partial charge in [0.05, 0.1) is 12.4 Å². The number of aryl methyl sites for hydroxylation is 2. The summed E-state index contributed by atoms with van der Waals surface area (Å²) in [5, 5.41) is 3.84. The first-order valence-corrected chi connectivity index (χ1v) is 9.61. The predicted molar refractivity (Wildman–Crippen MR) is 108 cm³/mol. The molecule has 1 fully saturated rings. The number of aromatic nitrogens is 4. The predicted octanol–water partition coefficient (Wildman–Crippen LogP) is 5.02. The second kappa shape index (κ2) is 6.81. The number of rotatable bonds is 5. The van der Waals surface area contributed by atoms with E-state index in [9.17, 15) is 0 Å². The minimum atomic E-state index is 0.149. The lowest BCUT2D eigenvalue weighted by atomic mass is 9.88. The molecule has 2 aromatic heterocycles. The van der Waals surface area contributed by atoms with Crippen molar-refractivity contribution in [2.24, 2.45) is 0 Å². The van der Waals surface area contributed by atoms with Crippen molar-refractivity contribution in [1.29, 1.82) is 0 Å². The molecular weight excluding hydrogens is 364 g/mol. The minimum Gasteiger partial charge on any atom is -0.438 e. The van der Waals surface area contributed by atoms with E-state index in [1.807, 2.05) is 12.1 Å². The van der Waals surface area contributed by atoms with Crippen molar-refractivity contribution in [2.45, 2.75) is 32.1 Å². The molecule has 0 saturated heterocycles. The van der Waals surface area contributed by atoms with Crippen LogP contribution in [0, 0.1) is 13.8 Å². The smallest absolute Gasteiger partial charge is 0.237 e. The summed E-state index contributed by atoms with van der Waals surface area (Å²) in [6.07, 6.45) is 5.49. The Hall–Kier alpha value is -3.54. The van der Waals surface area contributed by atoms with Crippen molar-refractivity contribution in [1.82, 2.24) is 20.1 Å². The fraction of sp³-hybridized carbons (Fsp3) is 0.217. The molecule has 0 bridgehead atoms. The minimum absolute atomic E-state index is 0.149. The van der Waals surface area contributed by atoms with E-state index in [1.54, 1.807) is 19.3 Å². The maximum Gasteiger partial charge on any atom is 0.237 e. The van der Waals surface area contributed by atoms with Gasteiger partial charge in [-0.05, 0) is 43.0 Å². The van der Waals surface area contributed by atoms with Crippen LogP contribution in [-0.2, 0) is 5.41 Å². The number of nitrogens with zero attached hydrogens (tertiary/aromatic N) is 4. The molecule has 0 amide bonds. The van der Waals surface area contributed by atoms with Crippen molar-refractivity contribution in [3.05, 3.63) is 83.5 Å². The van der Waals surface area contributed by atoms with Crippen LogP contribution in [0.5, 0.6) is 11.6 Å². The molecule has 0 atom stereocenters. The van der Waals surface area contributed by atoms with E-state index in [2.05, 4.69) is 63.4 Å². The van der Waals surface area contributed by atoms with Gasteiger partial charge in [0.1, 0.15) is 11.4 Å². The average molecular weight is 384 g/mol. The van der Waals surface area contributed by atoms with Gasteiger partial charge >= 0.3 is 0 Å². The number of ether oxygens (including phenoxy) is 1. The summed E-state index contributed by atoms with van der Waals surface area (Å²) in [6.45, 7) is 3.85. The molecule has 0 spiro atoms. The number of hydrogen-bond acceptors (Lipinski definition) is 6. The number of hydrogen-bond donors (Lipinski definition) is 0. The fourth-order valence-electron chi connectivity index (χ4n) is 3.59. The maximum atomic E-state index is 5.85. The molecule has 0 radical (unpaired) electrons. The molecule has 2 aromatic carbocycles. The van der Waals surface area contributed by atoms with Gasteiger partial charge in [-0.15, -0.1) is 0 Å². The molecule has 5 rings (SSSR count). The van der Waals surface area contributed by atoms with Crippen LogP contribution in [0.15, 0.2) is 65.4 Å². The average Bonchev–Trinajstić information content (AvgIpc) is 3.44. The zero-order chi connectivity index (χ0) is 19.8. The molecule has 4 aromatic rings. The normalized spacial score (nSPS) is 14.6. The Bertz CT molecular complexity index is 1130. The van der Waals surface area contributed by atoms with Gasteiger partial charge in [-0.25, -0.2) is 9.97 Å². The van der Waals surface area contributed by atoms with Gasteiger partial charge in [-0.3, -0.25) is 0 Å². The van der Waals surface area contributed by atoms with Crippen molar-refractivity contribution >= 4 is 0 Å². The van der Waals surface area contributed by atoms with Gasteiger partial charge < -0.3 is 9.26 Å². The Labute approximate surface area is 168 Å². The van der Waals surface area contributed by atoms with Crippen LogP contribution in [0.3, 0.4) is 0 Å². The van der Waals surface area contributed by atoms with Crippen LogP contribution in [0.25, 0.3) is 11.5 Å². The highest BCUT2D eigenvalue weighted by atomic mass is 16.5. The first-order valence-electron chi connectivity index (χ1n) is 9.61. The van der Waals surface area contributed by atoms with Crippen molar-refractivity contribution in [3.8, 4) is 23.1 Å². The van der Waals surface area contributed by atoms with Gasteiger partial charge in [-0.1, -0.05) is 47.1 Å². The van der Waals surface area contributed by atoms with Gasteiger partial charge in [0, 0.05) is 12.3 Å². The van der Waals surface area contributed by atoms with E-state index in [-0.39, 0.29) is 5.41 Å². The van der Waals surface area contributed by atoms with Crippen LogP contribution in [0.4, 0.5) is 0 Å². The summed E-state index contributed by atoms with van der Waals surface area (Å²) >= 11 is 0. The molecule has 2 heterocycles. The molecule has 1 aliphatic rings. The summed E-state index contributed by atoms with van der Waals surface area (Å²) in [7, 11) is 0. The molecule has 6 heteroatoms. The molecule has 144 valence electrons. The third-order valence-electron chi connectivity index (χ3n) is 5.37. The monoisotopic (exact) mass is 384 g/mol. The second-order valence-corrected chi connectivity index (χ2v) is 7.45. The second-order valence-electron chi connectivity index (χ2n) is 7.45. The molecule has 1 saturated carbocycles. The third kappa shape index (κ3) is 3.38. The van der Waals surface area contributed by atoms with E-state index in [0.29, 0.717) is 23.3 Å². The van der Waals surface area contributed by atoms with Crippen molar-refractivity contribution in [2.75, 3.05) is 0 Å². The molecule has 0 unspecified atom stereocenters. The van der Waals surface area contributed by atoms with Crippen molar-refractivity contribution < 1.29 is 9.26 Å². The Morgan fingerprint density at radius 1 is 0.862 bits per heavy atom. The largest absolute Gasteiger partial charge is 0.438 e. The van der Waals surface area contributed by atoms with Gasteiger partial charge in [0.2, 0.25) is 17.6 Å². The Morgan fingerprint density at radius 2 is 1.55 bits per heavy atom. The maximum absolute atomic E-state index is 5.85. The van der Waals surface area contributed by atoms with Gasteiger partial charge in [-0.2, -0.15) is 4.98 Å². The lowest BCUT2D eigenvalue weighted by Crippen LogP contribution is -2.08. The lowest BCUT2D eigenvalue weighted by Gasteiger charge is -2.17. The van der Waals surface area contributed by atoms with Crippen LogP contribution in [0.1, 0.15) is 35.4 Å². The van der Waals surface area contributed by atoms with E-state index in [1.165, 1.54) is 29.5 Å². The topological polar surface area (TPSA) is 73.9 Å². The Morgan fingerprint density at radius 3 is 2.10 bits per heavy atom. The Balaban J connectivity index is 1.31. The standard InChI is InChI=1S/C23H20N4O2/c1-15-3-5-17(6-4-15)23(11-12-23)18-7-9-19(10-8-18)28-21-14-24-20(13-25-21)22-26-16(2)29-27-22/h3-10,13-14H,11-12H2,1-2H3. The van der Waals surface area contributed by atoms with Crippen molar-refractivity contribution in [3.63, 3.8) is 0 Å². The zero-order valence-electron chi connectivity index (χ0n) is 16.3. The molecule has 29 heavy (non-hydrogen) atoms. The van der Waals surface area contributed by atoms with E-state index >= 15 is 0 Å². The van der Waals surface area contributed by atoms with Crippen LogP contribution >= 0.6 is 0 Å². The molecular formula is C23H20N4O2. The molecule has 1 aliphatic carbocycles. The van der Waals surface area contributed by atoms with Gasteiger partial charge in [0.25, 0.3) is 0 Å². The summed E-state index contributed by atoms with van der Waals surface area (Å²) in [5.74, 6) is 2.05. The zero-order valence-corrected chi connectivity index (χ0v) is 16.3.